The third-order valence-corrected chi connectivity index (χ3v) is 5.13. The molecule has 130 valence electrons. The SMILES string of the molecule is CCCN1C(=O)[C@H]2CC[C@@H]1CN(C(=O)c1ccn(CC)c(=O)c1)C2. The highest BCUT2D eigenvalue weighted by Crippen LogP contribution is 2.29. The van der Waals surface area contributed by atoms with Gasteiger partial charge in [-0.25, -0.2) is 0 Å². The Morgan fingerprint density at radius 2 is 2.00 bits per heavy atom. The third kappa shape index (κ3) is 2.97. The molecule has 0 N–H and O–H groups in total. The molecule has 4 heterocycles. The van der Waals surface area contributed by atoms with Crippen LogP contribution >= 0.6 is 0 Å². The van der Waals surface area contributed by atoms with Crippen LogP contribution in [0.15, 0.2) is 23.1 Å². The van der Waals surface area contributed by atoms with E-state index in [2.05, 4.69) is 6.92 Å². The number of aromatic nitrogens is 1. The molecular formula is C18H25N3O3. The highest BCUT2D eigenvalue weighted by molar-refractivity contribution is 5.95. The molecule has 3 fully saturated rings. The number of nitrogens with zero attached hydrogens (tertiary/aromatic N) is 3. The maximum absolute atomic E-state index is 12.8. The first-order valence-corrected chi connectivity index (χ1v) is 8.85. The van der Waals surface area contributed by atoms with E-state index in [-0.39, 0.29) is 29.3 Å². The Kier molecular flexibility index (Phi) is 4.73. The number of piperidine rings is 1. The summed E-state index contributed by atoms with van der Waals surface area (Å²) in [6.07, 6.45) is 4.40. The Morgan fingerprint density at radius 1 is 1.21 bits per heavy atom. The molecule has 3 aliphatic heterocycles. The van der Waals surface area contributed by atoms with Crippen LogP contribution in [0.4, 0.5) is 0 Å². The minimum atomic E-state index is -0.162. The van der Waals surface area contributed by atoms with Crippen molar-refractivity contribution in [1.82, 2.24) is 14.4 Å². The zero-order chi connectivity index (χ0) is 17.3. The number of hydrogen-bond donors (Lipinski definition) is 0. The summed E-state index contributed by atoms with van der Waals surface area (Å²) in [4.78, 5) is 41.1. The molecule has 2 amide bonds. The van der Waals surface area contributed by atoms with E-state index in [1.807, 2.05) is 11.8 Å². The smallest absolute Gasteiger partial charge is 0.254 e. The van der Waals surface area contributed by atoms with Gasteiger partial charge in [0, 0.05) is 50.0 Å². The molecule has 6 nitrogen and oxygen atoms in total. The van der Waals surface area contributed by atoms with Gasteiger partial charge in [-0.1, -0.05) is 6.92 Å². The average Bonchev–Trinajstić information content (AvgIpc) is 2.87. The van der Waals surface area contributed by atoms with E-state index < -0.39 is 0 Å². The molecule has 1 aromatic rings. The number of pyridine rings is 1. The van der Waals surface area contributed by atoms with Crippen molar-refractivity contribution in [3.05, 3.63) is 34.2 Å². The molecule has 2 atom stereocenters. The molecule has 4 rings (SSSR count). The van der Waals surface area contributed by atoms with E-state index >= 15 is 0 Å². The maximum Gasteiger partial charge on any atom is 0.254 e. The Hall–Kier alpha value is -2.11. The number of carbonyl (C=O) groups is 2. The molecule has 0 spiro atoms. The fourth-order valence-electron chi connectivity index (χ4n) is 3.83. The van der Waals surface area contributed by atoms with Gasteiger partial charge in [-0.3, -0.25) is 14.4 Å². The monoisotopic (exact) mass is 331 g/mol. The summed E-state index contributed by atoms with van der Waals surface area (Å²) < 4.78 is 1.56. The summed E-state index contributed by atoms with van der Waals surface area (Å²) in [7, 11) is 0. The van der Waals surface area contributed by atoms with Crippen molar-refractivity contribution in [1.29, 1.82) is 0 Å². The van der Waals surface area contributed by atoms with Gasteiger partial charge >= 0.3 is 0 Å². The Bertz CT molecular complexity index is 697. The minimum Gasteiger partial charge on any atom is -0.338 e. The summed E-state index contributed by atoms with van der Waals surface area (Å²) in [5, 5.41) is 0. The molecule has 0 aliphatic carbocycles. The van der Waals surface area contributed by atoms with Gasteiger partial charge in [0.1, 0.15) is 0 Å². The van der Waals surface area contributed by atoms with Crippen molar-refractivity contribution < 1.29 is 9.59 Å². The molecule has 1 aromatic heterocycles. The van der Waals surface area contributed by atoms with Crippen molar-refractivity contribution in [3.8, 4) is 0 Å². The number of aryl methyl sites for hydroxylation is 1. The zero-order valence-corrected chi connectivity index (χ0v) is 14.4. The fourth-order valence-corrected chi connectivity index (χ4v) is 3.83. The Balaban J connectivity index is 1.83. The number of hydrogen-bond acceptors (Lipinski definition) is 3. The van der Waals surface area contributed by atoms with Gasteiger partial charge in [-0.05, 0) is 32.3 Å². The van der Waals surface area contributed by atoms with Crippen LogP contribution in [0, 0.1) is 5.92 Å². The second kappa shape index (κ2) is 6.79. The lowest BCUT2D eigenvalue weighted by atomic mass is 9.94. The number of carbonyl (C=O) groups excluding carboxylic acids is 2. The first-order chi connectivity index (χ1) is 11.5. The summed E-state index contributed by atoms with van der Waals surface area (Å²) in [6.45, 7) is 6.33. The zero-order valence-electron chi connectivity index (χ0n) is 14.4. The normalized spacial score (nSPS) is 23.5. The lowest BCUT2D eigenvalue weighted by molar-refractivity contribution is -0.139. The predicted molar refractivity (Wildman–Crippen MR) is 90.8 cm³/mol. The van der Waals surface area contributed by atoms with Gasteiger partial charge in [0.2, 0.25) is 5.91 Å². The molecule has 3 aliphatic rings. The third-order valence-electron chi connectivity index (χ3n) is 5.13. The molecule has 0 aromatic carbocycles. The maximum atomic E-state index is 12.8. The number of rotatable bonds is 4. The lowest BCUT2D eigenvalue weighted by Crippen LogP contribution is -2.48. The Labute approximate surface area is 142 Å². The van der Waals surface area contributed by atoms with Crippen LogP contribution in [0.3, 0.4) is 0 Å². The number of amides is 2. The molecule has 3 saturated heterocycles. The molecule has 2 bridgehead atoms. The molecule has 24 heavy (non-hydrogen) atoms. The van der Waals surface area contributed by atoms with E-state index in [0.29, 0.717) is 25.2 Å². The molecule has 0 saturated carbocycles. The van der Waals surface area contributed by atoms with Crippen molar-refractivity contribution in [2.45, 2.75) is 45.7 Å². The van der Waals surface area contributed by atoms with Gasteiger partial charge in [0.25, 0.3) is 11.5 Å². The molecular weight excluding hydrogens is 306 g/mol. The lowest BCUT2D eigenvalue weighted by Gasteiger charge is -2.35. The van der Waals surface area contributed by atoms with Crippen molar-refractivity contribution in [2.75, 3.05) is 19.6 Å². The van der Waals surface area contributed by atoms with Crippen molar-refractivity contribution in [2.24, 2.45) is 5.92 Å². The van der Waals surface area contributed by atoms with E-state index in [4.69, 9.17) is 0 Å². The van der Waals surface area contributed by atoms with E-state index in [1.54, 1.807) is 21.7 Å². The summed E-state index contributed by atoms with van der Waals surface area (Å²) in [6, 6.07) is 3.21. The average molecular weight is 331 g/mol. The van der Waals surface area contributed by atoms with E-state index in [1.165, 1.54) is 6.07 Å². The first kappa shape index (κ1) is 16.7. The summed E-state index contributed by atoms with van der Waals surface area (Å²) in [5.74, 6) is -0.0570. The highest BCUT2D eigenvalue weighted by Gasteiger charge is 2.41. The Morgan fingerprint density at radius 3 is 2.67 bits per heavy atom. The molecule has 6 heteroatoms. The van der Waals surface area contributed by atoms with Crippen LogP contribution in [-0.4, -0.2) is 51.9 Å². The van der Waals surface area contributed by atoms with E-state index in [0.717, 1.165) is 25.8 Å². The molecule has 0 unspecified atom stereocenters. The minimum absolute atomic E-state index is 0.102. The van der Waals surface area contributed by atoms with Crippen LogP contribution in [0.25, 0.3) is 0 Å². The first-order valence-electron chi connectivity index (χ1n) is 8.85. The van der Waals surface area contributed by atoms with Gasteiger partial charge in [0.05, 0.1) is 5.92 Å². The largest absolute Gasteiger partial charge is 0.338 e. The van der Waals surface area contributed by atoms with Gasteiger partial charge in [-0.15, -0.1) is 0 Å². The number of fused-ring (bicyclic) bond motifs is 4. The highest BCUT2D eigenvalue weighted by atomic mass is 16.2. The second-order valence-electron chi connectivity index (χ2n) is 6.71. The van der Waals surface area contributed by atoms with Gasteiger partial charge in [-0.2, -0.15) is 0 Å². The summed E-state index contributed by atoms with van der Waals surface area (Å²) in [5.41, 5.74) is 0.255. The van der Waals surface area contributed by atoms with E-state index in [9.17, 15) is 14.4 Å². The quantitative estimate of drug-likeness (QED) is 0.836. The molecule has 0 radical (unpaired) electrons. The van der Waals surface area contributed by atoms with Gasteiger partial charge < -0.3 is 14.4 Å². The van der Waals surface area contributed by atoms with Crippen LogP contribution in [0.5, 0.6) is 0 Å². The summed E-state index contributed by atoms with van der Waals surface area (Å²) >= 11 is 0. The van der Waals surface area contributed by atoms with Gasteiger partial charge in [0.15, 0.2) is 0 Å². The standard InChI is InChI=1S/C18H25N3O3/c1-3-8-21-15-6-5-14(18(21)24)11-20(12-15)17(23)13-7-9-19(4-2)16(22)10-13/h7,9-10,14-15H,3-6,8,11-12H2,1-2H3/t14-,15+/m0/s1. The van der Waals surface area contributed by atoms with Crippen LogP contribution < -0.4 is 5.56 Å². The van der Waals surface area contributed by atoms with Crippen molar-refractivity contribution in [3.63, 3.8) is 0 Å². The predicted octanol–water partition coefficient (Wildman–Crippen LogP) is 1.34. The van der Waals surface area contributed by atoms with Crippen molar-refractivity contribution >= 4 is 11.8 Å². The van der Waals surface area contributed by atoms with Crippen LogP contribution in [0.1, 0.15) is 43.5 Å². The van der Waals surface area contributed by atoms with Crippen LogP contribution in [0.2, 0.25) is 0 Å². The topological polar surface area (TPSA) is 62.6 Å². The van der Waals surface area contributed by atoms with Crippen LogP contribution in [-0.2, 0) is 11.3 Å². The second-order valence-corrected chi connectivity index (χ2v) is 6.71. The fraction of sp³-hybridized carbons (Fsp3) is 0.611.